The van der Waals surface area contributed by atoms with Crippen molar-refractivity contribution in [2.24, 2.45) is 11.7 Å². The molecule has 1 aliphatic heterocycles. The standard InChI is InChI=1S/C8H15NO.ClH/c1-6-7-2-3-8(4-7,5-9)10-6;/h6-7H,2-5,9H2,1H3;1H. The summed E-state index contributed by atoms with van der Waals surface area (Å²) in [4.78, 5) is 0. The van der Waals surface area contributed by atoms with Gasteiger partial charge in [0.1, 0.15) is 0 Å². The molecule has 2 bridgehead atoms. The van der Waals surface area contributed by atoms with Gasteiger partial charge in [-0.1, -0.05) is 0 Å². The minimum Gasteiger partial charge on any atom is -0.370 e. The molecular weight excluding hydrogens is 162 g/mol. The van der Waals surface area contributed by atoms with Crippen molar-refractivity contribution in [1.82, 2.24) is 0 Å². The van der Waals surface area contributed by atoms with Crippen LogP contribution in [0.1, 0.15) is 26.2 Å². The highest BCUT2D eigenvalue weighted by Gasteiger charge is 2.48. The topological polar surface area (TPSA) is 35.2 Å². The highest BCUT2D eigenvalue weighted by atomic mass is 35.5. The average molecular weight is 178 g/mol. The van der Waals surface area contributed by atoms with Crippen molar-refractivity contribution in [1.29, 1.82) is 0 Å². The predicted molar refractivity (Wildman–Crippen MR) is 46.9 cm³/mol. The van der Waals surface area contributed by atoms with E-state index < -0.39 is 0 Å². The zero-order valence-corrected chi connectivity index (χ0v) is 7.69. The van der Waals surface area contributed by atoms with Crippen molar-refractivity contribution in [2.75, 3.05) is 6.54 Å². The predicted octanol–water partition coefficient (Wildman–Crippen LogP) is 1.32. The van der Waals surface area contributed by atoms with E-state index in [-0.39, 0.29) is 18.0 Å². The Balaban J connectivity index is 0.000000605. The number of ether oxygens (including phenoxy) is 1. The second-order valence-electron chi connectivity index (χ2n) is 3.71. The Hall–Kier alpha value is 0.210. The fraction of sp³-hybridized carbons (Fsp3) is 1.00. The monoisotopic (exact) mass is 177 g/mol. The lowest BCUT2D eigenvalue weighted by molar-refractivity contribution is -0.0557. The maximum atomic E-state index is 5.77. The van der Waals surface area contributed by atoms with Crippen molar-refractivity contribution in [3.8, 4) is 0 Å². The Morgan fingerprint density at radius 2 is 2.36 bits per heavy atom. The lowest BCUT2D eigenvalue weighted by Gasteiger charge is -2.27. The van der Waals surface area contributed by atoms with Crippen LogP contribution in [0.3, 0.4) is 0 Å². The fourth-order valence-corrected chi connectivity index (χ4v) is 2.36. The molecule has 3 heteroatoms. The summed E-state index contributed by atoms with van der Waals surface area (Å²) in [7, 11) is 0. The molecule has 0 aromatic heterocycles. The third-order valence-electron chi connectivity index (χ3n) is 3.08. The molecule has 11 heavy (non-hydrogen) atoms. The molecule has 1 aliphatic carbocycles. The Morgan fingerprint density at radius 1 is 1.64 bits per heavy atom. The molecule has 0 radical (unpaired) electrons. The van der Waals surface area contributed by atoms with Crippen molar-refractivity contribution in [3.05, 3.63) is 0 Å². The van der Waals surface area contributed by atoms with Crippen molar-refractivity contribution < 1.29 is 4.74 Å². The summed E-state index contributed by atoms with van der Waals surface area (Å²) in [6.45, 7) is 2.88. The number of hydrogen-bond acceptors (Lipinski definition) is 2. The first-order valence-electron chi connectivity index (χ1n) is 4.14. The molecule has 0 spiro atoms. The van der Waals surface area contributed by atoms with Gasteiger partial charge in [0.2, 0.25) is 0 Å². The summed E-state index contributed by atoms with van der Waals surface area (Å²) in [6.07, 6.45) is 4.21. The lowest BCUT2D eigenvalue weighted by atomic mass is 10.0. The second-order valence-corrected chi connectivity index (χ2v) is 3.71. The molecule has 1 heterocycles. The van der Waals surface area contributed by atoms with Crippen LogP contribution in [0, 0.1) is 5.92 Å². The van der Waals surface area contributed by atoms with Gasteiger partial charge in [-0.05, 0) is 32.1 Å². The van der Waals surface area contributed by atoms with Crippen molar-refractivity contribution in [3.63, 3.8) is 0 Å². The van der Waals surface area contributed by atoms with Gasteiger partial charge < -0.3 is 10.5 Å². The van der Waals surface area contributed by atoms with E-state index in [9.17, 15) is 0 Å². The normalized spacial score (nSPS) is 47.5. The van der Waals surface area contributed by atoms with Gasteiger partial charge in [0.15, 0.2) is 0 Å². The van der Waals surface area contributed by atoms with E-state index in [1.54, 1.807) is 0 Å². The Labute approximate surface area is 73.9 Å². The van der Waals surface area contributed by atoms with Crippen LogP contribution < -0.4 is 5.73 Å². The quantitative estimate of drug-likeness (QED) is 0.656. The molecule has 1 saturated carbocycles. The molecule has 2 rings (SSSR count). The van der Waals surface area contributed by atoms with Gasteiger partial charge in [0.25, 0.3) is 0 Å². The fourth-order valence-electron chi connectivity index (χ4n) is 2.36. The van der Waals surface area contributed by atoms with Gasteiger partial charge in [0.05, 0.1) is 11.7 Å². The first kappa shape index (κ1) is 9.30. The summed E-state index contributed by atoms with van der Waals surface area (Å²) >= 11 is 0. The van der Waals surface area contributed by atoms with E-state index >= 15 is 0 Å². The van der Waals surface area contributed by atoms with E-state index in [1.807, 2.05) is 0 Å². The molecule has 0 amide bonds. The van der Waals surface area contributed by atoms with Crippen LogP contribution in [0.25, 0.3) is 0 Å². The van der Waals surface area contributed by atoms with Crippen molar-refractivity contribution >= 4 is 12.4 Å². The molecule has 3 atom stereocenters. The van der Waals surface area contributed by atoms with Crippen LogP contribution >= 0.6 is 12.4 Å². The number of halogens is 1. The Morgan fingerprint density at radius 3 is 2.64 bits per heavy atom. The molecule has 2 N–H and O–H groups in total. The zero-order valence-electron chi connectivity index (χ0n) is 6.88. The Kier molecular flexibility index (Phi) is 2.47. The van der Waals surface area contributed by atoms with E-state index in [2.05, 4.69) is 6.92 Å². The maximum absolute atomic E-state index is 5.77. The van der Waals surface area contributed by atoms with Crippen LogP contribution in [-0.2, 0) is 4.74 Å². The van der Waals surface area contributed by atoms with Gasteiger partial charge in [-0.25, -0.2) is 0 Å². The van der Waals surface area contributed by atoms with E-state index in [0.717, 1.165) is 5.92 Å². The van der Waals surface area contributed by atoms with E-state index in [1.165, 1.54) is 19.3 Å². The smallest absolute Gasteiger partial charge is 0.0811 e. The molecule has 3 unspecified atom stereocenters. The van der Waals surface area contributed by atoms with Gasteiger partial charge >= 0.3 is 0 Å². The maximum Gasteiger partial charge on any atom is 0.0811 e. The lowest BCUT2D eigenvalue weighted by Crippen LogP contribution is -2.37. The van der Waals surface area contributed by atoms with Gasteiger partial charge in [-0.15, -0.1) is 12.4 Å². The number of rotatable bonds is 1. The SMILES string of the molecule is CC1OC2(CN)CCC1C2.Cl. The highest BCUT2D eigenvalue weighted by Crippen LogP contribution is 2.47. The third-order valence-corrected chi connectivity index (χ3v) is 3.08. The van der Waals surface area contributed by atoms with Crippen LogP contribution in [0.5, 0.6) is 0 Å². The molecule has 2 fully saturated rings. The minimum absolute atomic E-state index is 0. The van der Waals surface area contributed by atoms with Gasteiger partial charge in [0, 0.05) is 6.54 Å². The molecule has 0 aromatic carbocycles. The number of nitrogens with two attached hydrogens (primary N) is 1. The number of fused-ring (bicyclic) bond motifs is 2. The molecule has 66 valence electrons. The molecule has 2 aliphatic rings. The first-order chi connectivity index (χ1) is 4.76. The van der Waals surface area contributed by atoms with E-state index in [0.29, 0.717) is 12.6 Å². The average Bonchev–Trinajstić information content (AvgIpc) is 2.45. The minimum atomic E-state index is 0. The van der Waals surface area contributed by atoms with Crippen molar-refractivity contribution in [2.45, 2.75) is 37.9 Å². The third kappa shape index (κ3) is 1.28. The van der Waals surface area contributed by atoms with Crippen LogP contribution in [0.2, 0.25) is 0 Å². The first-order valence-corrected chi connectivity index (χ1v) is 4.14. The highest BCUT2D eigenvalue weighted by molar-refractivity contribution is 5.85. The summed E-state index contributed by atoms with van der Waals surface area (Å²) in [5, 5.41) is 0. The Bertz CT molecular complexity index is 149. The van der Waals surface area contributed by atoms with Crippen LogP contribution in [-0.4, -0.2) is 18.2 Å². The molecular formula is C8H16ClNO. The van der Waals surface area contributed by atoms with Crippen LogP contribution in [0.4, 0.5) is 0 Å². The summed E-state index contributed by atoms with van der Waals surface area (Å²) in [5.74, 6) is 0.809. The summed E-state index contributed by atoms with van der Waals surface area (Å²) < 4.78 is 5.77. The number of hydrogen-bond donors (Lipinski definition) is 1. The van der Waals surface area contributed by atoms with Crippen LogP contribution in [0.15, 0.2) is 0 Å². The van der Waals surface area contributed by atoms with Gasteiger partial charge in [-0.3, -0.25) is 0 Å². The summed E-state index contributed by atoms with van der Waals surface area (Å²) in [6, 6.07) is 0. The molecule has 0 aromatic rings. The van der Waals surface area contributed by atoms with Gasteiger partial charge in [-0.2, -0.15) is 0 Å². The zero-order chi connectivity index (χ0) is 7.19. The largest absolute Gasteiger partial charge is 0.370 e. The second kappa shape index (κ2) is 2.92. The molecule has 1 saturated heterocycles. The van der Waals surface area contributed by atoms with E-state index in [4.69, 9.17) is 10.5 Å². The summed E-state index contributed by atoms with van der Waals surface area (Å²) in [5.41, 5.74) is 5.74. The molecule has 2 nitrogen and oxygen atoms in total.